The molecule has 19 heavy (non-hydrogen) atoms. The molecule has 0 radical (unpaired) electrons. The predicted octanol–water partition coefficient (Wildman–Crippen LogP) is 2.19. The summed E-state index contributed by atoms with van der Waals surface area (Å²) in [6.07, 6.45) is 0. The topological polar surface area (TPSA) is 52.6 Å². The lowest BCUT2D eigenvalue weighted by atomic mass is 10.0. The molecular weight excluding hydrogens is 240 g/mol. The fourth-order valence-electron chi connectivity index (χ4n) is 2.38. The molecule has 0 bridgehead atoms. The highest BCUT2D eigenvalue weighted by Gasteiger charge is 2.33. The van der Waals surface area contributed by atoms with E-state index in [0.717, 1.165) is 11.3 Å². The summed E-state index contributed by atoms with van der Waals surface area (Å²) in [5.74, 6) is -0.828. The molecule has 1 aromatic carbocycles. The number of likely N-dealkylation sites (N-methyl/N-ethyl adjacent to an activating group) is 2. The summed E-state index contributed by atoms with van der Waals surface area (Å²) in [4.78, 5) is 13.4. The average Bonchev–Trinajstić information content (AvgIpc) is 2.28. The number of rotatable bonds is 6. The van der Waals surface area contributed by atoms with Crippen molar-refractivity contribution in [3.63, 3.8) is 0 Å². The van der Waals surface area contributed by atoms with Gasteiger partial charge >= 0.3 is 5.97 Å². The maximum atomic E-state index is 11.4. The van der Waals surface area contributed by atoms with Crippen molar-refractivity contribution in [1.82, 2.24) is 5.32 Å². The van der Waals surface area contributed by atoms with E-state index in [1.807, 2.05) is 37.9 Å². The second-order valence-corrected chi connectivity index (χ2v) is 5.31. The summed E-state index contributed by atoms with van der Waals surface area (Å²) in [5.41, 5.74) is 2.49. The van der Waals surface area contributed by atoms with Crippen molar-refractivity contribution >= 4 is 11.7 Å². The van der Waals surface area contributed by atoms with Gasteiger partial charge in [-0.1, -0.05) is 24.6 Å². The summed E-state index contributed by atoms with van der Waals surface area (Å²) in [6.45, 7) is 8.78. The lowest BCUT2D eigenvalue weighted by Gasteiger charge is -2.32. The van der Waals surface area contributed by atoms with Crippen LogP contribution in [0, 0.1) is 13.8 Å². The first kappa shape index (κ1) is 15.5. The van der Waals surface area contributed by atoms with Crippen molar-refractivity contribution in [2.75, 3.05) is 25.0 Å². The molecule has 0 aliphatic rings. The third kappa shape index (κ3) is 3.70. The first-order valence-electron chi connectivity index (χ1n) is 6.57. The fourth-order valence-corrected chi connectivity index (χ4v) is 2.38. The van der Waals surface area contributed by atoms with E-state index in [9.17, 15) is 9.90 Å². The normalized spacial score (nSPS) is 13.9. The van der Waals surface area contributed by atoms with E-state index in [-0.39, 0.29) is 0 Å². The Morgan fingerprint density at radius 3 is 2.53 bits per heavy atom. The van der Waals surface area contributed by atoms with Gasteiger partial charge in [-0.2, -0.15) is 0 Å². The molecule has 0 aromatic heterocycles. The van der Waals surface area contributed by atoms with E-state index in [1.165, 1.54) is 5.56 Å². The van der Waals surface area contributed by atoms with Gasteiger partial charge in [-0.05, 0) is 38.9 Å². The minimum Gasteiger partial charge on any atom is -0.480 e. The molecule has 0 saturated heterocycles. The molecule has 106 valence electrons. The predicted molar refractivity (Wildman–Crippen MR) is 78.9 cm³/mol. The van der Waals surface area contributed by atoms with Gasteiger partial charge in [0.15, 0.2) is 0 Å². The van der Waals surface area contributed by atoms with Crippen LogP contribution in [0.15, 0.2) is 18.2 Å². The Hall–Kier alpha value is -1.55. The van der Waals surface area contributed by atoms with Gasteiger partial charge in [0.2, 0.25) is 0 Å². The second kappa shape index (κ2) is 6.06. The largest absolute Gasteiger partial charge is 0.480 e. The van der Waals surface area contributed by atoms with Gasteiger partial charge in [-0.3, -0.25) is 4.79 Å². The second-order valence-electron chi connectivity index (χ2n) is 5.31. The van der Waals surface area contributed by atoms with Crippen LogP contribution in [0.5, 0.6) is 0 Å². The Bertz CT molecular complexity index is 459. The van der Waals surface area contributed by atoms with E-state index in [1.54, 1.807) is 6.92 Å². The van der Waals surface area contributed by atoms with E-state index in [2.05, 4.69) is 18.3 Å². The van der Waals surface area contributed by atoms with Crippen molar-refractivity contribution in [3.8, 4) is 0 Å². The quantitative estimate of drug-likeness (QED) is 0.827. The molecule has 0 aliphatic carbocycles. The Labute approximate surface area is 115 Å². The standard InChI is InChI=1S/C15H24N2O2/c1-6-16-15(4,14(18)19)10-17(5)13-8-7-11(2)9-12(13)3/h7-9,16H,6,10H2,1-5H3,(H,18,19). The van der Waals surface area contributed by atoms with Crippen molar-refractivity contribution < 1.29 is 9.90 Å². The molecule has 0 fully saturated rings. The summed E-state index contributed by atoms with van der Waals surface area (Å²) < 4.78 is 0. The van der Waals surface area contributed by atoms with Gasteiger partial charge in [-0.15, -0.1) is 0 Å². The molecule has 1 aromatic rings. The number of benzene rings is 1. The maximum absolute atomic E-state index is 11.4. The number of carboxylic acid groups (broad SMARTS) is 1. The highest BCUT2D eigenvalue weighted by Crippen LogP contribution is 2.21. The molecular formula is C15H24N2O2. The Kier molecular flexibility index (Phi) is 4.95. The van der Waals surface area contributed by atoms with Gasteiger partial charge in [-0.25, -0.2) is 0 Å². The van der Waals surface area contributed by atoms with Crippen LogP contribution >= 0.6 is 0 Å². The van der Waals surface area contributed by atoms with Crippen LogP contribution < -0.4 is 10.2 Å². The molecule has 0 amide bonds. The van der Waals surface area contributed by atoms with Crippen molar-refractivity contribution in [2.45, 2.75) is 33.2 Å². The number of hydrogen-bond donors (Lipinski definition) is 2. The van der Waals surface area contributed by atoms with Crippen LogP contribution in [0.2, 0.25) is 0 Å². The highest BCUT2D eigenvalue weighted by molar-refractivity contribution is 5.79. The number of aliphatic carboxylic acids is 1. The zero-order valence-corrected chi connectivity index (χ0v) is 12.4. The zero-order valence-electron chi connectivity index (χ0n) is 12.4. The Morgan fingerprint density at radius 2 is 2.05 bits per heavy atom. The minimum absolute atomic E-state index is 0.417. The number of aryl methyl sites for hydroxylation is 2. The lowest BCUT2D eigenvalue weighted by molar-refractivity contribution is -0.143. The van der Waals surface area contributed by atoms with E-state index in [4.69, 9.17) is 0 Å². The minimum atomic E-state index is -0.944. The van der Waals surface area contributed by atoms with Crippen LogP contribution in [-0.4, -0.2) is 36.8 Å². The SMILES string of the molecule is CCNC(C)(CN(C)c1ccc(C)cc1C)C(=O)O. The van der Waals surface area contributed by atoms with Crippen molar-refractivity contribution in [1.29, 1.82) is 0 Å². The van der Waals surface area contributed by atoms with Gasteiger partial charge in [0.05, 0.1) is 0 Å². The van der Waals surface area contributed by atoms with Crippen LogP contribution in [0.3, 0.4) is 0 Å². The number of anilines is 1. The van der Waals surface area contributed by atoms with E-state index >= 15 is 0 Å². The summed E-state index contributed by atoms with van der Waals surface area (Å²) in [6, 6.07) is 6.19. The van der Waals surface area contributed by atoms with E-state index in [0.29, 0.717) is 13.1 Å². The number of carboxylic acids is 1. The van der Waals surface area contributed by atoms with Gasteiger partial charge in [0.1, 0.15) is 5.54 Å². The molecule has 1 atom stereocenters. The van der Waals surface area contributed by atoms with Crippen LogP contribution in [0.1, 0.15) is 25.0 Å². The summed E-state index contributed by atoms with van der Waals surface area (Å²) in [7, 11) is 1.93. The van der Waals surface area contributed by atoms with E-state index < -0.39 is 11.5 Å². The Balaban J connectivity index is 2.94. The van der Waals surface area contributed by atoms with Crippen molar-refractivity contribution in [2.24, 2.45) is 0 Å². The molecule has 0 saturated carbocycles. The molecule has 0 aliphatic heterocycles. The van der Waals surface area contributed by atoms with Crippen LogP contribution in [-0.2, 0) is 4.79 Å². The third-order valence-electron chi connectivity index (χ3n) is 3.36. The molecule has 0 heterocycles. The van der Waals surface area contributed by atoms with Crippen molar-refractivity contribution in [3.05, 3.63) is 29.3 Å². The molecule has 0 spiro atoms. The fraction of sp³-hybridized carbons (Fsp3) is 0.533. The number of nitrogens with one attached hydrogen (secondary N) is 1. The first-order valence-corrected chi connectivity index (χ1v) is 6.57. The lowest BCUT2D eigenvalue weighted by Crippen LogP contribution is -2.56. The smallest absolute Gasteiger partial charge is 0.325 e. The Morgan fingerprint density at radius 1 is 1.42 bits per heavy atom. The molecule has 4 heteroatoms. The molecule has 1 unspecified atom stereocenters. The molecule has 1 rings (SSSR count). The monoisotopic (exact) mass is 264 g/mol. The highest BCUT2D eigenvalue weighted by atomic mass is 16.4. The zero-order chi connectivity index (χ0) is 14.6. The summed E-state index contributed by atoms with van der Waals surface area (Å²) in [5, 5.41) is 12.4. The average molecular weight is 264 g/mol. The third-order valence-corrected chi connectivity index (χ3v) is 3.36. The van der Waals surface area contributed by atoms with Crippen LogP contribution in [0.25, 0.3) is 0 Å². The summed E-state index contributed by atoms with van der Waals surface area (Å²) >= 11 is 0. The van der Waals surface area contributed by atoms with Gasteiger partial charge in [0.25, 0.3) is 0 Å². The first-order chi connectivity index (χ1) is 8.80. The number of nitrogens with zero attached hydrogens (tertiary/aromatic N) is 1. The molecule has 4 nitrogen and oxygen atoms in total. The molecule has 2 N–H and O–H groups in total. The maximum Gasteiger partial charge on any atom is 0.325 e. The van der Waals surface area contributed by atoms with Crippen LogP contribution in [0.4, 0.5) is 5.69 Å². The number of carbonyl (C=O) groups is 1. The van der Waals surface area contributed by atoms with Gasteiger partial charge < -0.3 is 15.3 Å². The number of hydrogen-bond acceptors (Lipinski definition) is 3. The van der Waals surface area contributed by atoms with Gasteiger partial charge in [0, 0.05) is 19.3 Å².